The standard InChI is InChI=1S/C17H18N4O5/c1-25-15-9-18-10-16(19-15)26-12-5-4-8-20(11-12)17(22)13-6-2-3-7-14(13)21(23)24/h2-3,6-7,9-10,12H,4-5,8,11H2,1H3. The summed E-state index contributed by atoms with van der Waals surface area (Å²) >= 11 is 0. The van der Waals surface area contributed by atoms with Crippen molar-refractivity contribution >= 4 is 11.6 Å². The molecule has 1 saturated heterocycles. The maximum absolute atomic E-state index is 12.7. The summed E-state index contributed by atoms with van der Waals surface area (Å²) in [5.74, 6) is 0.280. The number of carbonyl (C=O) groups excluding carboxylic acids is 1. The number of amides is 1. The molecule has 2 heterocycles. The fourth-order valence-electron chi connectivity index (χ4n) is 2.86. The lowest BCUT2D eigenvalue weighted by Gasteiger charge is -2.32. The highest BCUT2D eigenvalue weighted by Gasteiger charge is 2.29. The monoisotopic (exact) mass is 358 g/mol. The fourth-order valence-corrected chi connectivity index (χ4v) is 2.86. The van der Waals surface area contributed by atoms with Gasteiger partial charge in [0.2, 0.25) is 11.8 Å². The number of likely N-dealkylation sites (tertiary alicyclic amines) is 1. The number of methoxy groups -OCH3 is 1. The van der Waals surface area contributed by atoms with E-state index in [9.17, 15) is 14.9 Å². The minimum atomic E-state index is -0.545. The van der Waals surface area contributed by atoms with E-state index in [-0.39, 0.29) is 23.3 Å². The van der Waals surface area contributed by atoms with Gasteiger partial charge in [0.05, 0.1) is 31.0 Å². The van der Waals surface area contributed by atoms with Crippen molar-refractivity contribution in [1.29, 1.82) is 0 Å². The lowest BCUT2D eigenvalue weighted by atomic mass is 10.1. The second-order valence-corrected chi connectivity index (χ2v) is 5.81. The minimum Gasteiger partial charge on any atom is -0.480 e. The molecular weight excluding hydrogens is 340 g/mol. The van der Waals surface area contributed by atoms with Gasteiger partial charge in [-0.3, -0.25) is 19.9 Å². The van der Waals surface area contributed by atoms with E-state index in [1.165, 1.54) is 31.6 Å². The summed E-state index contributed by atoms with van der Waals surface area (Å²) in [4.78, 5) is 33.1. The van der Waals surface area contributed by atoms with Crippen LogP contribution < -0.4 is 9.47 Å². The highest BCUT2D eigenvalue weighted by Crippen LogP contribution is 2.23. The van der Waals surface area contributed by atoms with Gasteiger partial charge in [0.15, 0.2) is 0 Å². The summed E-state index contributed by atoms with van der Waals surface area (Å²) in [5, 5.41) is 11.2. The normalized spacial score (nSPS) is 16.8. The van der Waals surface area contributed by atoms with Crippen LogP contribution in [0.4, 0.5) is 5.69 Å². The van der Waals surface area contributed by atoms with Crippen molar-refractivity contribution in [2.24, 2.45) is 0 Å². The molecule has 9 heteroatoms. The van der Waals surface area contributed by atoms with Crippen LogP contribution in [0, 0.1) is 10.1 Å². The molecule has 1 aromatic carbocycles. The number of benzene rings is 1. The van der Waals surface area contributed by atoms with Crippen LogP contribution in [-0.2, 0) is 0 Å². The van der Waals surface area contributed by atoms with Crippen LogP contribution in [0.1, 0.15) is 23.2 Å². The highest BCUT2D eigenvalue weighted by atomic mass is 16.6. The van der Waals surface area contributed by atoms with E-state index in [1.54, 1.807) is 17.0 Å². The van der Waals surface area contributed by atoms with Gasteiger partial charge >= 0.3 is 0 Å². The molecule has 1 aromatic heterocycles. The zero-order chi connectivity index (χ0) is 18.5. The molecule has 1 fully saturated rings. The Morgan fingerprint density at radius 2 is 2.08 bits per heavy atom. The SMILES string of the molecule is COc1cncc(OC2CCCN(C(=O)c3ccccc3[N+](=O)[O-])C2)n1. The number of nitro benzene ring substituents is 1. The Bertz CT molecular complexity index is 813. The number of ether oxygens (including phenoxy) is 2. The van der Waals surface area contributed by atoms with Gasteiger partial charge in [-0.05, 0) is 18.9 Å². The van der Waals surface area contributed by atoms with E-state index in [0.29, 0.717) is 24.8 Å². The first-order valence-corrected chi connectivity index (χ1v) is 8.14. The number of aromatic nitrogens is 2. The third kappa shape index (κ3) is 3.88. The molecule has 3 rings (SSSR count). The van der Waals surface area contributed by atoms with E-state index in [0.717, 1.165) is 12.8 Å². The number of carbonyl (C=O) groups is 1. The van der Waals surface area contributed by atoms with Gasteiger partial charge in [0, 0.05) is 12.6 Å². The van der Waals surface area contributed by atoms with Crippen LogP contribution in [0.2, 0.25) is 0 Å². The third-order valence-corrected chi connectivity index (χ3v) is 4.08. The molecule has 0 saturated carbocycles. The lowest BCUT2D eigenvalue weighted by molar-refractivity contribution is -0.385. The Morgan fingerprint density at radius 1 is 1.31 bits per heavy atom. The van der Waals surface area contributed by atoms with E-state index in [4.69, 9.17) is 9.47 Å². The topological polar surface area (TPSA) is 108 Å². The van der Waals surface area contributed by atoms with Crippen LogP contribution in [0.3, 0.4) is 0 Å². The Kier molecular flexibility index (Phi) is 5.26. The first-order valence-electron chi connectivity index (χ1n) is 8.14. The molecule has 1 amide bonds. The molecule has 0 bridgehead atoms. The number of nitrogens with zero attached hydrogens (tertiary/aromatic N) is 4. The van der Waals surface area contributed by atoms with Gasteiger partial charge in [-0.2, -0.15) is 4.98 Å². The predicted octanol–water partition coefficient (Wildman–Crippen LogP) is 2.08. The number of piperidine rings is 1. The fraction of sp³-hybridized carbons (Fsp3) is 0.353. The van der Waals surface area contributed by atoms with Gasteiger partial charge in [0.25, 0.3) is 11.6 Å². The second kappa shape index (κ2) is 7.77. The van der Waals surface area contributed by atoms with Crippen LogP contribution in [-0.4, -0.2) is 52.0 Å². The number of rotatable bonds is 5. The van der Waals surface area contributed by atoms with Gasteiger partial charge in [-0.25, -0.2) is 0 Å². The molecule has 0 spiro atoms. The molecule has 136 valence electrons. The first-order chi connectivity index (χ1) is 12.6. The maximum atomic E-state index is 12.7. The molecule has 0 radical (unpaired) electrons. The molecule has 0 N–H and O–H groups in total. The number of hydrogen-bond acceptors (Lipinski definition) is 7. The largest absolute Gasteiger partial charge is 0.480 e. The van der Waals surface area contributed by atoms with Crippen LogP contribution in [0.5, 0.6) is 11.8 Å². The van der Waals surface area contributed by atoms with Crippen molar-refractivity contribution in [3.63, 3.8) is 0 Å². The number of nitro groups is 1. The number of para-hydroxylation sites is 1. The molecule has 1 aliphatic rings. The zero-order valence-electron chi connectivity index (χ0n) is 14.2. The molecular formula is C17H18N4O5. The van der Waals surface area contributed by atoms with Gasteiger partial charge < -0.3 is 14.4 Å². The van der Waals surface area contributed by atoms with Gasteiger partial charge in [-0.15, -0.1) is 0 Å². The quantitative estimate of drug-likeness (QED) is 0.595. The Balaban J connectivity index is 1.72. The van der Waals surface area contributed by atoms with Crippen molar-refractivity contribution < 1.29 is 19.2 Å². The van der Waals surface area contributed by atoms with Crippen LogP contribution in [0.25, 0.3) is 0 Å². The van der Waals surface area contributed by atoms with E-state index in [1.807, 2.05) is 0 Å². The molecule has 9 nitrogen and oxygen atoms in total. The van der Waals surface area contributed by atoms with Crippen molar-refractivity contribution in [2.45, 2.75) is 18.9 Å². The second-order valence-electron chi connectivity index (χ2n) is 5.81. The van der Waals surface area contributed by atoms with Crippen LogP contribution >= 0.6 is 0 Å². The third-order valence-electron chi connectivity index (χ3n) is 4.08. The van der Waals surface area contributed by atoms with Crippen molar-refractivity contribution in [2.75, 3.05) is 20.2 Å². The molecule has 0 aliphatic carbocycles. The average Bonchev–Trinajstić information content (AvgIpc) is 2.67. The van der Waals surface area contributed by atoms with Crippen molar-refractivity contribution in [1.82, 2.24) is 14.9 Å². The predicted molar refractivity (Wildman–Crippen MR) is 91.2 cm³/mol. The molecule has 1 aliphatic heterocycles. The van der Waals surface area contributed by atoms with E-state index < -0.39 is 4.92 Å². The molecule has 1 unspecified atom stereocenters. The Morgan fingerprint density at radius 3 is 2.85 bits per heavy atom. The summed E-state index contributed by atoms with van der Waals surface area (Å²) in [6.45, 7) is 0.846. The van der Waals surface area contributed by atoms with Crippen molar-refractivity contribution in [3.05, 3.63) is 52.3 Å². The molecule has 1 atom stereocenters. The molecule has 26 heavy (non-hydrogen) atoms. The smallest absolute Gasteiger partial charge is 0.282 e. The Hall–Kier alpha value is -3.23. The van der Waals surface area contributed by atoms with Gasteiger partial charge in [-0.1, -0.05) is 12.1 Å². The zero-order valence-corrected chi connectivity index (χ0v) is 14.2. The maximum Gasteiger partial charge on any atom is 0.282 e. The average molecular weight is 358 g/mol. The summed E-state index contributed by atoms with van der Waals surface area (Å²) in [7, 11) is 1.49. The number of hydrogen-bond donors (Lipinski definition) is 0. The lowest BCUT2D eigenvalue weighted by Crippen LogP contribution is -2.44. The Labute approximate surface area is 149 Å². The minimum absolute atomic E-state index is 0.0827. The summed E-state index contributed by atoms with van der Waals surface area (Å²) in [6.07, 6.45) is 4.16. The van der Waals surface area contributed by atoms with E-state index in [2.05, 4.69) is 9.97 Å². The van der Waals surface area contributed by atoms with Crippen molar-refractivity contribution in [3.8, 4) is 11.8 Å². The van der Waals surface area contributed by atoms with Crippen LogP contribution in [0.15, 0.2) is 36.7 Å². The summed E-state index contributed by atoms with van der Waals surface area (Å²) in [6, 6.07) is 5.96. The van der Waals surface area contributed by atoms with E-state index >= 15 is 0 Å². The van der Waals surface area contributed by atoms with Gasteiger partial charge in [0.1, 0.15) is 11.7 Å². The summed E-state index contributed by atoms with van der Waals surface area (Å²) in [5.41, 5.74) is -0.112. The highest BCUT2D eigenvalue weighted by molar-refractivity contribution is 5.98. The summed E-state index contributed by atoms with van der Waals surface area (Å²) < 4.78 is 10.8. The molecule has 2 aromatic rings. The first kappa shape index (κ1) is 17.6.